The maximum atomic E-state index is 12.5. The number of nitrogens with zero attached hydrogens (tertiary/aromatic N) is 2. The van der Waals surface area contributed by atoms with Crippen LogP contribution in [0.3, 0.4) is 0 Å². The number of rotatable bonds is 7. The Kier molecular flexibility index (Phi) is 6.15. The number of nitrogens with one attached hydrogen (secondary N) is 1. The predicted molar refractivity (Wildman–Crippen MR) is 95.8 cm³/mol. The van der Waals surface area contributed by atoms with E-state index in [1.807, 2.05) is 49.3 Å². The highest BCUT2D eigenvalue weighted by molar-refractivity contribution is 7.89. The molecule has 0 spiro atoms. The van der Waals surface area contributed by atoms with Crippen molar-refractivity contribution in [1.29, 1.82) is 5.26 Å². The molecule has 0 saturated carbocycles. The van der Waals surface area contributed by atoms with Crippen LogP contribution in [-0.2, 0) is 10.0 Å². The van der Waals surface area contributed by atoms with Crippen molar-refractivity contribution >= 4 is 10.0 Å². The summed E-state index contributed by atoms with van der Waals surface area (Å²) in [7, 11) is 1.72. The number of benzene rings is 2. The lowest BCUT2D eigenvalue weighted by Gasteiger charge is -2.25. The zero-order valence-corrected chi connectivity index (χ0v) is 15.2. The number of likely N-dealkylation sites (N-methyl/N-ethyl adjacent to an activating group) is 1. The van der Waals surface area contributed by atoms with Crippen molar-refractivity contribution in [2.24, 2.45) is 0 Å². The Morgan fingerprint density at radius 3 is 2.44 bits per heavy atom. The van der Waals surface area contributed by atoms with Crippen molar-refractivity contribution in [2.45, 2.75) is 10.9 Å². The van der Waals surface area contributed by atoms with Gasteiger partial charge in [0.05, 0.1) is 23.6 Å². The summed E-state index contributed by atoms with van der Waals surface area (Å²) in [6, 6.07) is 15.2. The van der Waals surface area contributed by atoms with Gasteiger partial charge in [0, 0.05) is 12.6 Å². The molecular weight excluding hydrogens is 338 g/mol. The van der Waals surface area contributed by atoms with Crippen molar-refractivity contribution in [2.75, 3.05) is 27.7 Å². The van der Waals surface area contributed by atoms with E-state index in [1.54, 1.807) is 7.11 Å². The largest absolute Gasteiger partial charge is 0.497 e. The summed E-state index contributed by atoms with van der Waals surface area (Å²) in [5.41, 5.74) is 1.37. The molecule has 2 aromatic carbocycles. The first-order chi connectivity index (χ1) is 11.9. The van der Waals surface area contributed by atoms with Crippen LogP contribution in [0.5, 0.6) is 5.75 Å². The third-order valence-electron chi connectivity index (χ3n) is 3.86. The second-order valence-corrected chi connectivity index (χ2v) is 7.51. The van der Waals surface area contributed by atoms with Gasteiger partial charge in [0.25, 0.3) is 0 Å². The van der Waals surface area contributed by atoms with E-state index in [4.69, 9.17) is 10.00 Å². The van der Waals surface area contributed by atoms with Gasteiger partial charge >= 0.3 is 0 Å². The summed E-state index contributed by atoms with van der Waals surface area (Å²) in [5, 5.41) is 8.81. The van der Waals surface area contributed by atoms with Crippen LogP contribution in [0, 0.1) is 11.3 Å². The first kappa shape index (κ1) is 18.9. The number of methoxy groups -OCH3 is 1. The minimum absolute atomic E-state index is 0.134. The van der Waals surface area contributed by atoms with Gasteiger partial charge in [0.15, 0.2) is 0 Å². The minimum atomic E-state index is -3.65. The van der Waals surface area contributed by atoms with E-state index in [-0.39, 0.29) is 17.5 Å². The van der Waals surface area contributed by atoms with Gasteiger partial charge in [0.1, 0.15) is 5.75 Å². The van der Waals surface area contributed by atoms with E-state index in [0.717, 1.165) is 11.3 Å². The number of ether oxygens (including phenoxy) is 1. The van der Waals surface area contributed by atoms with E-state index in [1.165, 1.54) is 24.3 Å². The fourth-order valence-corrected chi connectivity index (χ4v) is 3.47. The van der Waals surface area contributed by atoms with Gasteiger partial charge < -0.3 is 9.64 Å². The molecule has 0 amide bonds. The molecule has 0 aliphatic heterocycles. The van der Waals surface area contributed by atoms with Gasteiger partial charge in [-0.25, -0.2) is 13.1 Å². The van der Waals surface area contributed by atoms with Gasteiger partial charge in [-0.1, -0.05) is 12.1 Å². The highest BCUT2D eigenvalue weighted by atomic mass is 32.2. The number of sulfonamides is 1. The highest BCUT2D eigenvalue weighted by Crippen LogP contribution is 2.22. The summed E-state index contributed by atoms with van der Waals surface area (Å²) >= 11 is 0. The molecule has 7 heteroatoms. The van der Waals surface area contributed by atoms with Crippen LogP contribution in [0.15, 0.2) is 53.4 Å². The molecule has 132 valence electrons. The predicted octanol–water partition coefficient (Wildman–Crippen LogP) is 2.15. The number of nitriles is 1. The Morgan fingerprint density at radius 2 is 1.88 bits per heavy atom. The van der Waals surface area contributed by atoms with E-state index in [2.05, 4.69) is 4.72 Å². The molecule has 0 aromatic heterocycles. The Bertz CT molecular complexity index is 856. The molecule has 2 aromatic rings. The lowest BCUT2D eigenvalue weighted by Crippen LogP contribution is -2.34. The van der Waals surface area contributed by atoms with Gasteiger partial charge in [-0.05, 0) is 56.1 Å². The van der Waals surface area contributed by atoms with Crippen LogP contribution in [0.4, 0.5) is 0 Å². The van der Waals surface area contributed by atoms with E-state index >= 15 is 0 Å². The molecule has 0 fully saturated rings. The SMILES string of the molecule is COc1cccc(C(CNS(=O)(=O)c2ccc(C#N)cc2)N(C)C)c1. The molecule has 1 N–H and O–H groups in total. The molecule has 2 rings (SSSR count). The molecule has 1 atom stereocenters. The van der Waals surface area contributed by atoms with Crippen LogP contribution >= 0.6 is 0 Å². The van der Waals surface area contributed by atoms with Crippen LogP contribution in [0.2, 0.25) is 0 Å². The number of hydrogen-bond donors (Lipinski definition) is 1. The average Bonchev–Trinajstić information content (AvgIpc) is 2.61. The molecule has 0 radical (unpaired) electrons. The van der Waals surface area contributed by atoms with Gasteiger partial charge in [-0.2, -0.15) is 5.26 Å². The molecule has 0 aliphatic rings. The Balaban J connectivity index is 2.18. The average molecular weight is 359 g/mol. The highest BCUT2D eigenvalue weighted by Gasteiger charge is 2.20. The van der Waals surface area contributed by atoms with Crippen molar-refractivity contribution in [3.63, 3.8) is 0 Å². The van der Waals surface area contributed by atoms with Crippen LogP contribution in [-0.4, -0.2) is 41.1 Å². The molecule has 0 saturated heterocycles. The van der Waals surface area contributed by atoms with Crippen molar-refractivity contribution < 1.29 is 13.2 Å². The molecule has 0 bridgehead atoms. The smallest absolute Gasteiger partial charge is 0.240 e. The number of hydrogen-bond acceptors (Lipinski definition) is 5. The topological polar surface area (TPSA) is 82.4 Å². The Labute approximate surface area is 148 Å². The third-order valence-corrected chi connectivity index (χ3v) is 5.30. The second kappa shape index (κ2) is 8.12. The molecule has 6 nitrogen and oxygen atoms in total. The standard InChI is InChI=1S/C18H21N3O3S/c1-21(2)18(15-5-4-6-16(11-15)24-3)13-20-25(22,23)17-9-7-14(12-19)8-10-17/h4-11,18,20H,13H2,1-3H3. The zero-order valence-electron chi connectivity index (χ0n) is 14.4. The molecule has 25 heavy (non-hydrogen) atoms. The summed E-state index contributed by atoms with van der Waals surface area (Å²) in [4.78, 5) is 2.07. The fraction of sp³-hybridized carbons (Fsp3) is 0.278. The van der Waals surface area contributed by atoms with Crippen LogP contribution in [0.1, 0.15) is 17.2 Å². The third kappa shape index (κ3) is 4.79. The summed E-state index contributed by atoms with van der Waals surface area (Å²) < 4.78 is 32.8. The van der Waals surface area contributed by atoms with Crippen molar-refractivity contribution in [3.8, 4) is 11.8 Å². The Morgan fingerprint density at radius 1 is 1.20 bits per heavy atom. The monoisotopic (exact) mass is 359 g/mol. The lowest BCUT2D eigenvalue weighted by molar-refractivity contribution is 0.298. The summed E-state index contributed by atoms with van der Waals surface area (Å²) in [6.45, 7) is 0.211. The van der Waals surface area contributed by atoms with Gasteiger partial charge in [-0.15, -0.1) is 0 Å². The van der Waals surface area contributed by atoms with Crippen molar-refractivity contribution in [3.05, 3.63) is 59.7 Å². The van der Waals surface area contributed by atoms with Crippen molar-refractivity contribution in [1.82, 2.24) is 9.62 Å². The maximum Gasteiger partial charge on any atom is 0.240 e. The maximum absolute atomic E-state index is 12.5. The van der Waals surface area contributed by atoms with E-state index in [0.29, 0.717) is 5.56 Å². The minimum Gasteiger partial charge on any atom is -0.497 e. The Hall–Kier alpha value is -2.40. The van der Waals surface area contributed by atoms with Crippen LogP contribution < -0.4 is 9.46 Å². The second-order valence-electron chi connectivity index (χ2n) is 5.74. The lowest BCUT2D eigenvalue weighted by atomic mass is 10.1. The molecular formula is C18H21N3O3S. The molecule has 0 heterocycles. The van der Waals surface area contributed by atoms with Crippen LogP contribution in [0.25, 0.3) is 0 Å². The summed E-state index contributed by atoms with van der Waals surface area (Å²) in [5.74, 6) is 0.722. The molecule has 1 unspecified atom stereocenters. The van der Waals surface area contributed by atoms with E-state index < -0.39 is 10.0 Å². The summed E-state index contributed by atoms with van der Waals surface area (Å²) in [6.07, 6.45) is 0. The normalized spacial score (nSPS) is 12.6. The fourth-order valence-electron chi connectivity index (χ4n) is 2.43. The van der Waals surface area contributed by atoms with Gasteiger partial charge in [0.2, 0.25) is 10.0 Å². The first-order valence-electron chi connectivity index (χ1n) is 7.67. The quantitative estimate of drug-likeness (QED) is 0.819. The molecule has 0 aliphatic carbocycles. The first-order valence-corrected chi connectivity index (χ1v) is 9.16. The zero-order chi connectivity index (χ0) is 18.4. The van der Waals surface area contributed by atoms with E-state index in [9.17, 15) is 8.42 Å². The van der Waals surface area contributed by atoms with Gasteiger partial charge in [-0.3, -0.25) is 0 Å².